The van der Waals surface area contributed by atoms with Crippen LogP contribution in [0.5, 0.6) is 5.75 Å². The molecule has 10 heteroatoms. The predicted octanol–water partition coefficient (Wildman–Crippen LogP) is 5.85. The Balaban J connectivity index is 1.06. The summed E-state index contributed by atoms with van der Waals surface area (Å²) in [6, 6.07) is 20.7. The average molecular weight is 536 g/mol. The maximum Gasteiger partial charge on any atom is 0.416 e. The molecule has 0 radical (unpaired) electrons. The van der Waals surface area contributed by atoms with E-state index in [1.807, 2.05) is 12.1 Å². The van der Waals surface area contributed by atoms with Crippen molar-refractivity contribution in [1.29, 1.82) is 0 Å². The molecule has 0 bridgehead atoms. The molecule has 1 aliphatic heterocycles. The maximum atomic E-state index is 12.7. The molecule has 4 aromatic rings. The van der Waals surface area contributed by atoms with Crippen molar-refractivity contribution in [2.75, 3.05) is 13.1 Å². The summed E-state index contributed by atoms with van der Waals surface area (Å²) in [7, 11) is 0. The fourth-order valence-corrected chi connectivity index (χ4v) is 4.77. The van der Waals surface area contributed by atoms with Crippen molar-refractivity contribution in [2.24, 2.45) is 5.92 Å². The molecule has 0 spiro atoms. The number of halogens is 3. The van der Waals surface area contributed by atoms with Gasteiger partial charge in [0, 0.05) is 19.5 Å². The van der Waals surface area contributed by atoms with Gasteiger partial charge < -0.3 is 9.64 Å². The third-order valence-corrected chi connectivity index (χ3v) is 6.99. The van der Waals surface area contributed by atoms with Crippen LogP contribution >= 0.6 is 0 Å². The molecule has 0 saturated carbocycles. The molecule has 3 aromatic carbocycles. The highest BCUT2D eigenvalue weighted by molar-refractivity contribution is 5.70. The molecule has 202 valence electrons. The molecule has 1 saturated heterocycles. The molecule has 1 fully saturated rings. The number of ether oxygens (including phenoxy) is 1. The van der Waals surface area contributed by atoms with Crippen LogP contribution in [0.25, 0.3) is 0 Å². The Morgan fingerprint density at radius 2 is 1.41 bits per heavy atom. The maximum absolute atomic E-state index is 12.7. The van der Waals surface area contributed by atoms with Crippen LogP contribution < -0.4 is 4.74 Å². The van der Waals surface area contributed by atoms with Crippen molar-refractivity contribution in [3.63, 3.8) is 0 Å². The lowest BCUT2D eigenvalue weighted by atomic mass is 9.90. The number of hydrogen-bond acceptors (Lipinski definition) is 5. The van der Waals surface area contributed by atoms with Crippen LogP contribution in [0.2, 0.25) is 0 Å². The standard InChI is InChI=1S/C29H28F3N5O2/c30-29(31,32)25-9-5-21(6-10-25)17-22-7-11-26(12-8-22)39-28(38)37-15-13-24(14-16-37)18-20-1-3-23(4-2-20)19-27-33-35-36-34-27/h1-12,24H,13-19H2,(H,33,34,35,36). The van der Waals surface area contributed by atoms with Crippen LogP contribution in [0.3, 0.4) is 0 Å². The van der Waals surface area contributed by atoms with Crippen LogP contribution in [0.15, 0.2) is 72.8 Å². The number of piperidine rings is 1. The second-order valence-electron chi connectivity index (χ2n) is 9.84. The van der Waals surface area contributed by atoms with Gasteiger partial charge in [0.1, 0.15) is 5.75 Å². The van der Waals surface area contributed by atoms with E-state index in [9.17, 15) is 18.0 Å². The normalized spacial score (nSPS) is 14.4. The SMILES string of the molecule is O=C(Oc1ccc(Cc2ccc(C(F)(F)F)cc2)cc1)N1CCC(Cc2ccc(Cc3nn[nH]n3)cc2)CC1. The number of likely N-dealkylation sites (tertiary alicyclic amines) is 1. The lowest BCUT2D eigenvalue weighted by Gasteiger charge is -2.31. The van der Waals surface area contributed by atoms with Crippen LogP contribution in [0, 0.1) is 5.92 Å². The third kappa shape index (κ3) is 7.22. The van der Waals surface area contributed by atoms with Gasteiger partial charge in [-0.2, -0.15) is 18.4 Å². The number of benzene rings is 3. The minimum Gasteiger partial charge on any atom is -0.410 e. The Labute approximate surface area is 224 Å². The second kappa shape index (κ2) is 11.7. The minimum atomic E-state index is -4.34. The van der Waals surface area contributed by atoms with Gasteiger partial charge >= 0.3 is 12.3 Å². The Morgan fingerprint density at radius 1 is 0.846 bits per heavy atom. The molecule has 0 atom stereocenters. The number of aromatic amines is 1. The zero-order valence-corrected chi connectivity index (χ0v) is 21.2. The summed E-state index contributed by atoms with van der Waals surface area (Å²) in [6.07, 6.45) is -0.803. The molecule has 39 heavy (non-hydrogen) atoms. The van der Waals surface area contributed by atoms with E-state index in [0.29, 0.717) is 43.4 Å². The molecule has 1 N–H and O–H groups in total. The van der Waals surface area contributed by atoms with E-state index >= 15 is 0 Å². The van der Waals surface area contributed by atoms with E-state index in [2.05, 4.69) is 44.9 Å². The molecule has 5 rings (SSSR count). The summed E-state index contributed by atoms with van der Waals surface area (Å²) in [6.45, 7) is 1.29. The van der Waals surface area contributed by atoms with Gasteiger partial charge in [-0.15, -0.1) is 10.2 Å². The first-order valence-corrected chi connectivity index (χ1v) is 12.8. The molecular weight excluding hydrogens is 507 g/mol. The van der Waals surface area contributed by atoms with Crippen LogP contribution in [0.4, 0.5) is 18.0 Å². The topological polar surface area (TPSA) is 84.0 Å². The first kappa shape index (κ1) is 26.4. The van der Waals surface area contributed by atoms with Crippen molar-refractivity contribution in [2.45, 2.75) is 38.3 Å². The Kier molecular flexibility index (Phi) is 7.90. The summed E-state index contributed by atoms with van der Waals surface area (Å²) in [5.41, 5.74) is 3.42. The second-order valence-corrected chi connectivity index (χ2v) is 9.84. The van der Waals surface area contributed by atoms with E-state index in [4.69, 9.17) is 4.74 Å². The molecule has 1 amide bonds. The number of hydrogen-bond donors (Lipinski definition) is 1. The summed E-state index contributed by atoms with van der Waals surface area (Å²) < 4.78 is 43.8. The van der Waals surface area contributed by atoms with Crippen molar-refractivity contribution in [3.8, 4) is 5.75 Å². The van der Waals surface area contributed by atoms with Gasteiger partial charge in [-0.3, -0.25) is 0 Å². The molecular formula is C29H28F3N5O2. The van der Waals surface area contributed by atoms with Gasteiger partial charge in [-0.05, 0) is 78.1 Å². The minimum absolute atomic E-state index is 0.366. The smallest absolute Gasteiger partial charge is 0.410 e. The molecule has 7 nitrogen and oxygen atoms in total. The zero-order valence-electron chi connectivity index (χ0n) is 21.2. The molecule has 0 unspecified atom stereocenters. The first-order chi connectivity index (χ1) is 18.8. The molecule has 1 aliphatic rings. The Hall–Kier alpha value is -4.21. The van der Waals surface area contributed by atoms with Gasteiger partial charge in [0.25, 0.3) is 0 Å². The molecule has 2 heterocycles. The summed E-state index contributed by atoms with van der Waals surface area (Å²) in [4.78, 5) is 14.4. The van der Waals surface area contributed by atoms with E-state index in [1.54, 1.807) is 17.0 Å². The number of H-pyrrole nitrogens is 1. The Morgan fingerprint density at radius 3 is 2.00 bits per heavy atom. The number of aromatic nitrogens is 4. The number of alkyl halides is 3. The number of tetrazole rings is 1. The largest absolute Gasteiger partial charge is 0.416 e. The summed E-state index contributed by atoms with van der Waals surface area (Å²) >= 11 is 0. The van der Waals surface area contributed by atoms with Crippen LogP contribution in [0.1, 0.15) is 46.5 Å². The summed E-state index contributed by atoms with van der Waals surface area (Å²) in [5.74, 6) is 1.61. The van der Waals surface area contributed by atoms with Crippen molar-refractivity contribution in [1.82, 2.24) is 25.5 Å². The predicted molar refractivity (Wildman–Crippen MR) is 138 cm³/mol. The highest BCUT2D eigenvalue weighted by atomic mass is 19.4. The van der Waals surface area contributed by atoms with E-state index in [1.165, 1.54) is 17.7 Å². The number of carbonyl (C=O) groups is 1. The number of rotatable bonds is 7. The van der Waals surface area contributed by atoms with Gasteiger partial charge in [-0.1, -0.05) is 53.7 Å². The van der Waals surface area contributed by atoms with Gasteiger partial charge in [0.15, 0.2) is 5.82 Å². The van der Waals surface area contributed by atoms with Crippen molar-refractivity contribution in [3.05, 3.63) is 106 Å². The van der Waals surface area contributed by atoms with Crippen molar-refractivity contribution >= 4 is 6.09 Å². The lowest BCUT2D eigenvalue weighted by Crippen LogP contribution is -2.40. The Bertz CT molecular complexity index is 1350. The quantitative estimate of drug-likeness (QED) is 0.321. The highest BCUT2D eigenvalue weighted by Crippen LogP contribution is 2.29. The number of amides is 1. The first-order valence-electron chi connectivity index (χ1n) is 12.8. The highest BCUT2D eigenvalue weighted by Gasteiger charge is 2.30. The van der Waals surface area contributed by atoms with Crippen LogP contribution in [-0.2, 0) is 25.4 Å². The fourth-order valence-electron chi connectivity index (χ4n) is 4.77. The van der Waals surface area contributed by atoms with Gasteiger partial charge in [0.2, 0.25) is 0 Å². The number of nitrogens with zero attached hydrogens (tertiary/aromatic N) is 4. The zero-order chi connectivity index (χ0) is 27.2. The van der Waals surface area contributed by atoms with Gasteiger partial charge in [-0.25, -0.2) is 4.79 Å². The third-order valence-electron chi connectivity index (χ3n) is 6.99. The van der Waals surface area contributed by atoms with Gasteiger partial charge in [0.05, 0.1) is 5.56 Å². The lowest BCUT2D eigenvalue weighted by molar-refractivity contribution is -0.137. The van der Waals surface area contributed by atoms with E-state index in [-0.39, 0.29) is 6.09 Å². The number of nitrogens with one attached hydrogen (secondary N) is 1. The fraction of sp³-hybridized carbons (Fsp3) is 0.310. The molecule has 0 aliphatic carbocycles. The molecule has 1 aromatic heterocycles. The van der Waals surface area contributed by atoms with E-state index in [0.717, 1.165) is 48.1 Å². The van der Waals surface area contributed by atoms with E-state index < -0.39 is 11.7 Å². The van der Waals surface area contributed by atoms with Crippen LogP contribution in [-0.4, -0.2) is 44.7 Å². The number of carbonyl (C=O) groups excluding carboxylic acids is 1. The monoisotopic (exact) mass is 535 g/mol. The summed E-state index contributed by atoms with van der Waals surface area (Å²) in [5, 5.41) is 14.0. The average Bonchev–Trinajstić information content (AvgIpc) is 3.44. The van der Waals surface area contributed by atoms with Crippen molar-refractivity contribution < 1.29 is 22.7 Å².